The molecule has 108 valence electrons. The number of fused-ring (bicyclic) bond motifs is 1. The molecule has 0 spiro atoms. The van der Waals surface area contributed by atoms with Gasteiger partial charge in [0.1, 0.15) is 5.65 Å². The minimum Gasteiger partial charge on any atom is -0.393 e. The van der Waals surface area contributed by atoms with Gasteiger partial charge in [0.2, 0.25) is 0 Å². The van der Waals surface area contributed by atoms with Crippen molar-refractivity contribution in [3.8, 4) is 0 Å². The zero-order valence-corrected chi connectivity index (χ0v) is 13.2. The molecular weight excluding hydrogens is 322 g/mol. The van der Waals surface area contributed by atoms with Gasteiger partial charge in [0.15, 0.2) is 0 Å². The standard InChI is InChI=1S/C14H18BrN3O2/c1-10(19)5-6-17(2)9-12-7-14(20)18-8-11(15)3-4-13(18)16-12/h3-4,7-8,10,19H,5-6,9H2,1-2H3. The Balaban J connectivity index is 2.19. The summed E-state index contributed by atoms with van der Waals surface area (Å²) in [7, 11) is 1.95. The van der Waals surface area contributed by atoms with Gasteiger partial charge in [-0.1, -0.05) is 0 Å². The summed E-state index contributed by atoms with van der Waals surface area (Å²) >= 11 is 3.34. The molecule has 1 unspecified atom stereocenters. The lowest BCUT2D eigenvalue weighted by atomic mass is 10.2. The molecule has 2 aromatic heterocycles. The van der Waals surface area contributed by atoms with E-state index in [4.69, 9.17) is 0 Å². The Morgan fingerprint density at radius 2 is 2.25 bits per heavy atom. The molecule has 0 aliphatic rings. The van der Waals surface area contributed by atoms with E-state index in [9.17, 15) is 9.90 Å². The molecule has 0 aliphatic heterocycles. The molecule has 0 radical (unpaired) electrons. The van der Waals surface area contributed by atoms with Crippen LogP contribution >= 0.6 is 15.9 Å². The predicted molar refractivity (Wildman–Crippen MR) is 81.8 cm³/mol. The molecule has 20 heavy (non-hydrogen) atoms. The minimum atomic E-state index is -0.315. The maximum absolute atomic E-state index is 12.0. The van der Waals surface area contributed by atoms with E-state index in [0.29, 0.717) is 18.6 Å². The third kappa shape index (κ3) is 3.88. The van der Waals surface area contributed by atoms with Crippen LogP contribution in [0.2, 0.25) is 0 Å². The summed E-state index contributed by atoms with van der Waals surface area (Å²) in [6.45, 7) is 3.12. The van der Waals surface area contributed by atoms with Crippen LogP contribution < -0.4 is 5.56 Å². The summed E-state index contributed by atoms with van der Waals surface area (Å²) in [4.78, 5) is 18.6. The van der Waals surface area contributed by atoms with Gasteiger partial charge in [-0.2, -0.15) is 0 Å². The minimum absolute atomic E-state index is 0.0878. The van der Waals surface area contributed by atoms with Gasteiger partial charge in [-0.3, -0.25) is 9.20 Å². The number of aromatic nitrogens is 2. The zero-order valence-electron chi connectivity index (χ0n) is 11.6. The molecule has 2 aromatic rings. The van der Waals surface area contributed by atoms with E-state index in [1.807, 2.05) is 24.1 Å². The van der Waals surface area contributed by atoms with Gasteiger partial charge >= 0.3 is 0 Å². The second-order valence-electron chi connectivity index (χ2n) is 5.04. The molecule has 5 nitrogen and oxygen atoms in total. The zero-order chi connectivity index (χ0) is 14.7. The predicted octanol–water partition coefficient (Wildman–Crippen LogP) is 1.66. The summed E-state index contributed by atoms with van der Waals surface area (Å²) in [6.07, 6.45) is 2.10. The van der Waals surface area contributed by atoms with Crippen molar-refractivity contribution in [1.82, 2.24) is 14.3 Å². The van der Waals surface area contributed by atoms with Crippen molar-refractivity contribution in [2.45, 2.75) is 26.0 Å². The van der Waals surface area contributed by atoms with E-state index >= 15 is 0 Å². The number of hydrogen-bond donors (Lipinski definition) is 1. The fraction of sp³-hybridized carbons (Fsp3) is 0.429. The van der Waals surface area contributed by atoms with Crippen LogP contribution in [0.15, 0.2) is 33.7 Å². The fourth-order valence-electron chi connectivity index (χ4n) is 1.97. The molecule has 0 amide bonds. The molecule has 6 heteroatoms. The van der Waals surface area contributed by atoms with Crippen LogP contribution in [0.4, 0.5) is 0 Å². The fourth-order valence-corrected chi connectivity index (χ4v) is 2.31. The SMILES string of the molecule is CC(O)CCN(C)Cc1cc(=O)n2cc(Br)ccc2n1. The third-order valence-electron chi connectivity index (χ3n) is 3.04. The number of hydrogen-bond acceptors (Lipinski definition) is 4. The highest BCUT2D eigenvalue weighted by Crippen LogP contribution is 2.10. The van der Waals surface area contributed by atoms with Crippen molar-refractivity contribution in [2.24, 2.45) is 0 Å². The highest BCUT2D eigenvalue weighted by molar-refractivity contribution is 9.10. The second kappa shape index (κ2) is 6.47. The van der Waals surface area contributed by atoms with Crippen molar-refractivity contribution in [2.75, 3.05) is 13.6 Å². The number of aliphatic hydroxyl groups is 1. The lowest BCUT2D eigenvalue weighted by Crippen LogP contribution is -2.24. The Hall–Kier alpha value is -1.24. The molecule has 0 aromatic carbocycles. The Kier molecular flexibility index (Phi) is 4.91. The first-order valence-corrected chi connectivity index (χ1v) is 7.29. The van der Waals surface area contributed by atoms with Crippen LogP contribution in [-0.2, 0) is 6.54 Å². The van der Waals surface area contributed by atoms with Crippen LogP contribution in [0.25, 0.3) is 5.65 Å². The van der Waals surface area contributed by atoms with Gasteiger partial charge in [0, 0.05) is 29.8 Å². The van der Waals surface area contributed by atoms with Crippen LogP contribution in [0.1, 0.15) is 19.0 Å². The molecule has 0 saturated carbocycles. The van der Waals surface area contributed by atoms with Gasteiger partial charge in [-0.25, -0.2) is 4.98 Å². The molecule has 0 aliphatic carbocycles. The number of rotatable bonds is 5. The number of halogens is 1. The van der Waals surface area contributed by atoms with Gasteiger partial charge in [-0.15, -0.1) is 0 Å². The molecule has 1 atom stereocenters. The van der Waals surface area contributed by atoms with Crippen molar-refractivity contribution < 1.29 is 5.11 Å². The average molecular weight is 340 g/mol. The van der Waals surface area contributed by atoms with Crippen molar-refractivity contribution >= 4 is 21.6 Å². The Morgan fingerprint density at radius 1 is 1.50 bits per heavy atom. The highest BCUT2D eigenvalue weighted by atomic mass is 79.9. The van der Waals surface area contributed by atoms with Gasteiger partial charge in [0.25, 0.3) is 5.56 Å². The average Bonchev–Trinajstić information content (AvgIpc) is 2.37. The van der Waals surface area contributed by atoms with Crippen molar-refractivity contribution in [3.63, 3.8) is 0 Å². The molecule has 0 saturated heterocycles. The van der Waals surface area contributed by atoms with Gasteiger partial charge in [0.05, 0.1) is 11.8 Å². The Bertz CT molecular complexity index is 654. The number of nitrogens with zero attached hydrogens (tertiary/aromatic N) is 3. The largest absolute Gasteiger partial charge is 0.393 e. The third-order valence-corrected chi connectivity index (χ3v) is 3.51. The van der Waals surface area contributed by atoms with Crippen LogP contribution in [0.5, 0.6) is 0 Å². The van der Waals surface area contributed by atoms with Crippen LogP contribution in [0, 0.1) is 0 Å². The van der Waals surface area contributed by atoms with Gasteiger partial charge < -0.3 is 10.0 Å². The topological polar surface area (TPSA) is 57.8 Å². The summed E-state index contributed by atoms with van der Waals surface area (Å²) in [5.41, 5.74) is 1.29. The van der Waals surface area contributed by atoms with Crippen LogP contribution in [-0.4, -0.2) is 39.1 Å². The highest BCUT2D eigenvalue weighted by Gasteiger charge is 2.07. The number of aliphatic hydroxyl groups excluding tert-OH is 1. The first kappa shape index (κ1) is 15.2. The monoisotopic (exact) mass is 339 g/mol. The van der Waals surface area contributed by atoms with E-state index in [1.165, 1.54) is 4.40 Å². The van der Waals surface area contributed by atoms with E-state index < -0.39 is 0 Å². The first-order valence-electron chi connectivity index (χ1n) is 6.50. The number of pyridine rings is 1. The molecule has 0 fully saturated rings. The molecule has 2 rings (SSSR count). The van der Waals surface area contributed by atoms with E-state index in [0.717, 1.165) is 16.7 Å². The Morgan fingerprint density at radius 3 is 2.95 bits per heavy atom. The molecular formula is C14H18BrN3O2. The lowest BCUT2D eigenvalue weighted by Gasteiger charge is -2.17. The lowest BCUT2D eigenvalue weighted by molar-refractivity contribution is 0.162. The molecule has 1 N–H and O–H groups in total. The van der Waals surface area contributed by atoms with Crippen LogP contribution in [0.3, 0.4) is 0 Å². The summed E-state index contributed by atoms with van der Waals surface area (Å²) < 4.78 is 2.36. The first-order chi connectivity index (χ1) is 9.45. The van der Waals surface area contributed by atoms with E-state index in [2.05, 4.69) is 20.9 Å². The smallest absolute Gasteiger partial charge is 0.258 e. The summed E-state index contributed by atoms with van der Waals surface area (Å²) in [6, 6.07) is 5.23. The maximum Gasteiger partial charge on any atom is 0.258 e. The van der Waals surface area contributed by atoms with E-state index in [1.54, 1.807) is 19.2 Å². The summed E-state index contributed by atoms with van der Waals surface area (Å²) in [5.74, 6) is 0. The van der Waals surface area contributed by atoms with Crippen molar-refractivity contribution in [3.05, 3.63) is 44.9 Å². The van der Waals surface area contributed by atoms with E-state index in [-0.39, 0.29) is 11.7 Å². The molecule has 2 heterocycles. The molecule has 0 bridgehead atoms. The quantitative estimate of drug-likeness (QED) is 0.899. The van der Waals surface area contributed by atoms with Crippen molar-refractivity contribution in [1.29, 1.82) is 0 Å². The second-order valence-corrected chi connectivity index (χ2v) is 5.95. The Labute approximate surface area is 126 Å². The summed E-state index contributed by atoms with van der Waals surface area (Å²) in [5, 5.41) is 9.28. The normalized spacial score (nSPS) is 13.1. The van der Waals surface area contributed by atoms with Gasteiger partial charge in [-0.05, 0) is 48.5 Å². The maximum atomic E-state index is 12.0.